The molecule has 0 radical (unpaired) electrons. The van der Waals surface area contributed by atoms with Gasteiger partial charge in [-0.1, -0.05) is 0 Å². The minimum absolute atomic E-state index is 0.0648. The summed E-state index contributed by atoms with van der Waals surface area (Å²) in [5.41, 5.74) is 2.44. The van der Waals surface area contributed by atoms with E-state index in [2.05, 4.69) is 15.5 Å². The second kappa shape index (κ2) is 5.15. The molecule has 1 amide bonds. The van der Waals surface area contributed by atoms with E-state index in [0.717, 1.165) is 17.8 Å². The maximum absolute atomic E-state index is 12.4. The summed E-state index contributed by atoms with van der Waals surface area (Å²) >= 11 is 0. The number of aryl methyl sites for hydroxylation is 1. The van der Waals surface area contributed by atoms with Crippen LogP contribution in [0.4, 0.5) is 5.82 Å². The van der Waals surface area contributed by atoms with E-state index in [1.807, 2.05) is 32.4 Å². The minimum atomic E-state index is -0.243. The molecule has 0 spiro atoms. The number of fused-ring (bicyclic) bond motifs is 1. The molecule has 22 heavy (non-hydrogen) atoms. The van der Waals surface area contributed by atoms with E-state index in [1.165, 1.54) is 0 Å². The Bertz CT molecular complexity index is 780. The van der Waals surface area contributed by atoms with Crippen molar-refractivity contribution in [1.82, 2.24) is 19.6 Å². The molecule has 2 aromatic heterocycles. The van der Waals surface area contributed by atoms with Crippen LogP contribution in [0.2, 0.25) is 0 Å². The topological polar surface area (TPSA) is 84.7 Å². The third kappa shape index (κ3) is 2.08. The van der Waals surface area contributed by atoms with Crippen LogP contribution >= 0.6 is 0 Å². The Morgan fingerprint density at radius 1 is 1.41 bits per heavy atom. The van der Waals surface area contributed by atoms with Gasteiger partial charge in [0.25, 0.3) is 5.56 Å². The number of anilines is 1. The van der Waals surface area contributed by atoms with E-state index in [0.29, 0.717) is 11.4 Å². The summed E-state index contributed by atoms with van der Waals surface area (Å²) in [5.74, 6) is 0.271. The Balaban J connectivity index is 2.18. The first kappa shape index (κ1) is 14.6. The molecular weight excluding hydrogens is 282 g/mol. The summed E-state index contributed by atoms with van der Waals surface area (Å²) < 4.78 is 3.61. The molecule has 0 aromatic carbocycles. The number of hydrogen-bond donors (Lipinski definition) is 2. The molecule has 0 unspecified atom stereocenters. The fourth-order valence-corrected chi connectivity index (χ4v) is 3.16. The highest BCUT2D eigenvalue weighted by molar-refractivity contribution is 5.94. The van der Waals surface area contributed by atoms with Crippen molar-refractivity contribution >= 4 is 11.7 Å². The highest BCUT2D eigenvalue weighted by Gasteiger charge is 2.34. The predicted molar refractivity (Wildman–Crippen MR) is 83.2 cm³/mol. The molecule has 118 valence electrons. The Labute approximate surface area is 128 Å². The van der Waals surface area contributed by atoms with Crippen molar-refractivity contribution in [2.24, 2.45) is 0 Å². The van der Waals surface area contributed by atoms with Crippen molar-refractivity contribution in [3.05, 3.63) is 33.4 Å². The molecule has 3 heterocycles. The van der Waals surface area contributed by atoms with E-state index in [4.69, 9.17) is 0 Å². The lowest BCUT2D eigenvalue weighted by molar-refractivity contribution is -0.116. The molecule has 2 aromatic rings. The number of H-pyrrole nitrogens is 1. The van der Waals surface area contributed by atoms with Gasteiger partial charge in [-0.15, -0.1) is 0 Å². The van der Waals surface area contributed by atoms with Gasteiger partial charge in [0.05, 0.1) is 11.8 Å². The summed E-state index contributed by atoms with van der Waals surface area (Å²) in [5, 5.41) is 10.0. The number of nitrogens with zero attached hydrogens (tertiary/aromatic N) is 3. The van der Waals surface area contributed by atoms with Crippen molar-refractivity contribution in [2.45, 2.75) is 52.6 Å². The Morgan fingerprint density at radius 3 is 2.73 bits per heavy atom. The molecule has 0 aliphatic carbocycles. The molecule has 1 atom stereocenters. The van der Waals surface area contributed by atoms with Crippen molar-refractivity contribution in [3.63, 3.8) is 0 Å². The van der Waals surface area contributed by atoms with Gasteiger partial charge in [-0.2, -0.15) is 5.10 Å². The molecule has 0 bridgehead atoms. The standard InChI is InChI=1S/C15H21N5O2/c1-5-19-9(4)11(7-16-19)10-6-12(21)17-14-13(10)15(22)18-20(14)8(2)3/h7-8,10H,5-6H2,1-4H3,(H,17,21)(H,18,22)/t10-/m0/s1. The van der Waals surface area contributed by atoms with Crippen LogP contribution in [0, 0.1) is 6.92 Å². The number of carbonyl (C=O) groups excluding carboxylic acids is 1. The molecule has 3 rings (SSSR count). The van der Waals surface area contributed by atoms with Gasteiger partial charge in [-0.3, -0.25) is 24.1 Å². The van der Waals surface area contributed by atoms with E-state index in [-0.39, 0.29) is 29.8 Å². The van der Waals surface area contributed by atoms with Crippen molar-refractivity contribution in [1.29, 1.82) is 0 Å². The molecule has 1 aliphatic rings. The van der Waals surface area contributed by atoms with Crippen LogP contribution in [0.3, 0.4) is 0 Å². The van der Waals surface area contributed by atoms with Crippen molar-refractivity contribution < 1.29 is 4.79 Å². The highest BCUT2D eigenvalue weighted by atomic mass is 16.2. The number of amides is 1. The molecule has 0 fully saturated rings. The average molecular weight is 303 g/mol. The number of rotatable bonds is 3. The third-order valence-corrected chi connectivity index (χ3v) is 4.29. The molecule has 7 nitrogen and oxygen atoms in total. The van der Waals surface area contributed by atoms with Crippen LogP contribution in [0.1, 0.15) is 56.0 Å². The van der Waals surface area contributed by atoms with Gasteiger partial charge in [0.2, 0.25) is 5.91 Å². The molecule has 7 heteroatoms. The quantitative estimate of drug-likeness (QED) is 0.906. The maximum Gasteiger partial charge on any atom is 0.270 e. The SMILES string of the molecule is CCn1ncc([C@@H]2CC(=O)Nc3c2c(=O)[nH]n3C(C)C)c1C. The number of aromatic nitrogens is 4. The summed E-state index contributed by atoms with van der Waals surface area (Å²) in [4.78, 5) is 24.5. The fourth-order valence-electron chi connectivity index (χ4n) is 3.16. The van der Waals surface area contributed by atoms with Gasteiger partial charge < -0.3 is 5.32 Å². The average Bonchev–Trinajstić information content (AvgIpc) is 2.99. The largest absolute Gasteiger partial charge is 0.311 e. The molecule has 0 saturated heterocycles. The van der Waals surface area contributed by atoms with Crippen LogP contribution in [-0.2, 0) is 11.3 Å². The zero-order valence-electron chi connectivity index (χ0n) is 13.3. The van der Waals surface area contributed by atoms with Crippen LogP contribution in [-0.4, -0.2) is 25.5 Å². The molecular formula is C15H21N5O2. The predicted octanol–water partition coefficient (Wildman–Crippen LogP) is 1.76. The van der Waals surface area contributed by atoms with E-state index < -0.39 is 0 Å². The first-order valence-corrected chi connectivity index (χ1v) is 7.60. The smallest absolute Gasteiger partial charge is 0.270 e. The number of aromatic amines is 1. The zero-order valence-corrected chi connectivity index (χ0v) is 13.3. The minimum Gasteiger partial charge on any atom is -0.311 e. The van der Waals surface area contributed by atoms with Crippen LogP contribution in [0.5, 0.6) is 0 Å². The van der Waals surface area contributed by atoms with Crippen molar-refractivity contribution in [2.75, 3.05) is 5.32 Å². The Kier molecular flexibility index (Phi) is 3.42. The van der Waals surface area contributed by atoms with Gasteiger partial charge in [0, 0.05) is 36.2 Å². The molecule has 2 N–H and O–H groups in total. The number of carbonyl (C=O) groups is 1. The summed E-state index contributed by atoms with van der Waals surface area (Å²) in [6, 6.07) is 0.0648. The summed E-state index contributed by atoms with van der Waals surface area (Å²) in [7, 11) is 0. The normalized spacial score (nSPS) is 17.7. The second-order valence-electron chi connectivity index (χ2n) is 5.97. The Hall–Kier alpha value is -2.31. The monoisotopic (exact) mass is 303 g/mol. The van der Waals surface area contributed by atoms with Crippen molar-refractivity contribution in [3.8, 4) is 0 Å². The van der Waals surface area contributed by atoms with Crippen LogP contribution in [0.25, 0.3) is 0 Å². The van der Waals surface area contributed by atoms with Crippen LogP contribution < -0.4 is 10.9 Å². The van der Waals surface area contributed by atoms with Crippen LogP contribution in [0.15, 0.2) is 11.0 Å². The Morgan fingerprint density at radius 2 is 2.14 bits per heavy atom. The second-order valence-corrected chi connectivity index (χ2v) is 5.97. The lowest BCUT2D eigenvalue weighted by Gasteiger charge is -2.23. The van der Waals surface area contributed by atoms with E-state index in [1.54, 1.807) is 10.9 Å². The number of nitrogens with one attached hydrogen (secondary N) is 2. The van der Waals surface area contributed by atoms with E-state index in [9.17, 15) is 9.59 Å². The first-order chi connectivity index (χ1) is 10.4. The molecule has 0 saturated carbocycles. The summed E-state index contributed by atoms with van der Waals surface area (Å²) in [6.45, 7) is 8.69. The fraction of sp³-hybridized carbons (Fsp3) is 0.533. The number of hydrogen-bond acceptors (Lipinski definition) is 3. The maximum atomic E-state index is 12.4. The van der Waals surface area contributed by atoms with Gasteiger partial charge in [-0.25, -0.2) is 0 Å². The van der Waals surface area contributed by atoms with Gasteiger partial charge in [0.1, 0.15) is 5.82 Å². The highest BCUT2D eigenvalue weighted by Crippen LogP contribution is 2.36. The van der Waals surface area contributed by atoms with Gasteiger partial charge in [-0.05, 0) is 27.7 Å². The first-order valence-electron chi connectivity index (χ1n) is 7.60. The molecule has 1 aliphatic heterocycles. The third-order valence-electron chi connectivity index (χ3n) is 4.29. The lowest BCUT2D eigenvalue weighted by atomic mass is 9.87. The lowest BCUT2D eigenvalue weighted by Crippen LogP contribution is -2.27. The zero-order chi connectivity index (χ0) is 16.0. The summed E-state index contributed by atoms with van der Waals surface area (Å²) in [6.07, 6.45) is 2.05. The van der Waals surface area contributed by atoms with Gasteiger partial charge in [0.15, 0.2) is 0 Å². The van der Waals surface area contributed by atoms with Gasteiger partial charge >= 0.3 is 0 Å². The van der Waals surface area contributed by atoms with E-state index >= 15 is 0 Å².